The molecule has 1 aliphatic heterocycles. The lowest BCUT2D eigenvalue weighted by Crippen LogP contribution is -2.46. The van der Waals surface area contributed by atoms with Gasteiger partial charge < -0.3 is 10.2 Å². The van der Waals surface area contributed by atoms with E-state index in [1.54, 1.807) is 12.1 Å². The Kier molecular flexibility index (Phi) is 5.54. The van der Waals surface area contributed by atoms with Crippen molar-refractivity contribution in [3.05, 3.63) is 34.1 Å². The zero-order valence-electron chi connectivity index (χ0n) is 11.7. The van der Waals surface area contributed by atoms with E-state index in [-0.39, 0.29) is 11.9 Å². The van der Waals surface area contributed by atoms with Crippen LogP contribution in [0.15, 0.2) is 22.7 Å². The van der Waals surface area contributed by atoms with Crippen molar-refractivity contribution < 1.29 is 9.18 Å². The molecule has 1 amide bonds. The second kappa shape index (κ2) is 7.18. The number of nitrogens with zero attached hydrogens (tertiary/aromatic N) is 1. The number of carbonyl (C=O) groups excluding carboxylic acids is 1. The highest BCUT2D eigenvalue weighted by Gasteiger charge is 2.25. The molecule has 110 valence electrons. The summed E-state index contributed by atoms with van der Waals surface area (Å²) in [7, 11) is 0. The molecule has 0 spiro atoms. The molecule has 5 heteroatoms. The molecule has 1 aromatic rings. The van der Waals surface area contributed by atoms with E-state index < -0.39 is 5.82 Å². The Labute approximate surface area is 127 Å². The Balaban J connectivity index is 2.18. The van der Waals surface area contributed by atoms with Crippen LogP contribution in [0.5, 0.6) is 0 Å². The van der Waals surface area contributed by atoms with Crippen LogP contribution in [0.1, 0.15) is 36.5 Å². The van der Waals surface area contributed by atoms with Gasteiger partial charge in [-0.2, -0.15) is 0 Å². The van der Waals surface area contributed by atoms with E-state index >= 15 is 0 Å². The second-order valence-corrected chi connectivity index (χ2v) is 5.96. The monoisotopic (exact) mass is 342 g/mol. The highest BCUT2D eigenvalue weighted by molar-refractivity contribution is 9.10. The third-order valence-electron chi connectivity index (χ3n) is 3.64. The lowest BCUT2D eigenvalue weighted by atomic mass is 10.0. The number of amides is 1. The number of hydrogen-bond donors (Lipinski definition) is 1. The van der Waals surface area contributed by atoms with Crippen molar-refractivity contribution in [2.75, 3.05) is 19.6 Å². The Morgan fingerprint density at radius 1 is 1.45 bits per heavy atom. The van der Waals surface area contributed by atoms with Gasteiger partial charge in [0.05, 0.1) is 4.47 Å². The molecule has 1 aliphatic rings. The van der Waals surface area contributed by atoms with Gasteiger partial charge in [-0.1, -0.05) is 6.92 Å². The van der Waals surface area contributed by atoms with E-state index in [4.69, 9.17) is 0 Å². The normalized spacial score (nSPS) is 16.1. The summed E-state index contributed by atoms with van der Waals surface area (Å²) in [6, 6.07) is 4.85. The van der Waals surface area contributed by atoms with Gasteiger partial charge in [-0.05, 0) is 66.5 Å². The van der Waals surface area contributed by atoms with Crippen LogP contribution in [0.4, 0.5) is 4.39 Å². The van der Waals surface area contributed by atoms with E-state index in [1.807, 2.05) is 4.90 Å². The van der Waals surface area contributed by atoms with E-state index in [2.05, 4.69) is 28.2 Å². The van der Waals surface area contributed by atoms with Crippen molar-refractivity contribution in [1.82, 2.24) is 10.2 Å². The van der Waals surface area contributed by atoms with Gasteiger partial charge in [0.1, 0.15) is 5.82 Å². The maximum Gasteiger partial charge on any atom is 0.254 e. The zero-order chi connectivity index (χ0) is 14.5. The topological polar surface area (TPSA) is 32.3 Å². The largest absolute Gasteiger partial charge is 0.336 e. The molecule has 20 heavy (non-hydrogen) atoms. The van der Waals surface area contributed by atoms with Crippen LogP contribution in [-0.2, 0) is 0 Å². The molecule has 1 heterocycles. The van der Waals surface area contributed by atoms with Gasteiger partial charge >= 0.3 is 0 Å². The van der Waals surface area contributed by atoms with Crippen LogP contribution in [0.2, 0.25) is 0 Å². The molecule has 0 radical (unpaired) electrons. The predicted molar refractivity (Wildman–Crippen MR) is 81.3 cm³/mol. The fourth-order valence-electron chi connectivity index (χ4n) is 2.60. The van der Waals surface area contributed by atoms with Gasteiger partial charge in [0.25, 0.3) is 5.91 Å². The average molecular weight is 343 g/mol. The standard InChI is InChI=1S/C15H20BrFN2O/c1-2-9-19(12-5-7-18-8-6-12)15(20)11-3-4-13(16)14(17)10-11/h3-4,10,12,18H,2,5-9H2,1H3. The molecular formula is C15H20BrFN2O. The van der Waals surface area contributed by atoms with Gasteiger partial charge in [0.2, 0.25) is 0 Å². The smallest absolute Gasteiger partial charge is 0.254 e. The van der Waals surface area contributed by atoms with Crippen LogP contribution in [-0.4, -0.2) is 36.5 Å². The van der Waals surface area contributed by atoms with Crippen molar-refractivity contribution in [3.8, 4) is 0 Å². The molecular weight excluding hydrogens is 323 g/mol. The predicted octanol–water partition coefficient (Wildman–Crippen LogP) is 3.19. The number of benzene rings is 1. The minimum atomic E-state index is -0.391. The van der Waals surface area contributed by atoms with Crippen LogP contribution >= 0.6 is 15.9 Å². The van der Waals surface area contributed by atoms with Crippen molar-refractivity contribution >= 4 is 21.8 Å². The molecule has 1 saturated heterocycles. The Morgan fingerprint density at radius 2 is 2.15 bits per heavy atom. The van der Waals surface area contributed by atoms with Crippen LogP contribution < -0.4 is 5.32 Å². The highest BCUT2D eigenvalue weighted by Crippen LogP contribution is 2.20. The summed E-state index contributed by atoms with van der Waals surface area (Å²) in [6.45, 7) is 4.66. The average Bonchev–Trinajstić information content (AvgIpc) is 2.48. The first kappa shape index (κ1) is 15.4. The number of hydrogen-bond acceptors (Lipinski definition) is 2. The van der Waals surface area contributed by atoms with Gasteiger partial charge in [-0.15, -0.1) is 0 Å². The summed E-state index contributed by atoms with van der Waals surface area (Å²) < 4.78 is 14.0. The van der Waals surface area contributed by atoms with Gasteiger partial charge in [0, 0.05) is 18.2 Å². The van der Waals surface area contributed by atoms with Gasteiger partial charge in [-0.25, -0.2) is 4.39 Å². The fourth-order valence-corrected chi connectivity index (χ4v) is 2.85. The third kappa shape index (κ3) is 3.58. The molecule has 0 saturated carbocycles. The first-order valence-corrected chi connectivity index (χ1v) is 7.89. The highest BCUT2D eigenvalue weighted by atomic mass is 79.9. The molecule has 0 bridgehead atoms. The minimum Gasteiger partial charge on any atom is -0.336 e. The summed E-state index contributed by atoms with van der Waals surface area (Å²) >= 11 is 3.11. The Morgan fingerprint density at radius 3 is 2.75 bits per heavy atom. The van der Waals surface area contributed by atoms with Crippen molar-refractivity contribution in [1.29, 1.82) is 0 Å². The number of carbonyl (C=O) groups is 1. The first-order valence-electron chi connectivity index (χ1n) is 7.10. The van der Waals surface area contributed by atoms with E-state index in [1.165, 1.54) is 6.07 Å². The molecule has 0 atom stereocenters. The lowest BCUT2D eigenvalue weighted by molar-refractivity contribution is 0.0642. The molecule has 0 aliphatic carbocycles. The number of rotatable bonds is 4. The zero-order valence-corrected chi connectivity index (χ0v) is 13.2. The molecule has 3 nitrogen and oxygen atoms in total. The molecule has 1 fully saturated rings. The van der Waals surface area contributed by atoms with Crippen molar-refractivity contribution in [2.45, 2.75) is 32.2 Å². The second-order valence-electron chi connectivity index (χ2n) is 5.11. The summed E-state index contributed by atoms with van der Waals surface area (Å²) in [4.78, 5) is 14.5. The Bertz CT molecular complexity index is 475. The van der Waals surface area contributed by atoms with Gasteiger partial charge in [-0.3, -0.25) is 4.79 Å². The van der Waals surface area contributed by atoms with E-state index in [9.17, 15) is 9.18 Å². The van der Waals surface area contributed by atoms with Crippen LogP contribution in [0, 0.1) is 5.82 Å². The van der Waals surface area contributed by atoms with Crippen LogP contribution in [0.25, 0.3) is 0 Å². The van der Waals surface area contributed by atoms with Crippen LogP contribution in [0.3, 0.4) is 0 Å². The third-order valence-corrected chi connectivity index (χ3v) is 4.28. The summed E-state index contributed by atoms with van der Waals surface area (Å²) in [5.41, 5.74) is 0.428. The maximum absolute atomic E-state index is 13.6. The number of nitrogens with one attached hydrogen (secondary N) is 1. The quantitative estimate of drug-likeness (QED) is 0.911. The SMILES string of the molecule is CCCN(C(=O)c1ccc(Br)c(F)c1)C1CCNCC1. The van der Waals surface area contributed by atoms with E-state index in [0.29, 0.717) is 10.0 Å². The summed E-state index contributed by atoms with van der Waals surface area (Å²) in [6.07, 6.45) is 2.84. The number of piperidine rings is 1. The van der Waals surface area contributed by atoms with Gasteiger partial charge in [0.15, 0.2) is 0 Å². The van der Waals surface area contributed by atoms with Crippen molar-refractivity contribution in [2.24, 2.45) is 0 Å². The van der Waals surface area contributed by atoms with E-state index in [0.717, 1.165) is 38.9 Å². The Hall–Kier alpha value is -0.940. The molecule has 1 aromatic carbocycles. The van der Waals surface area contributed by atoms with Crippen molar-refractivity contribution in [3.63, 3.8) is 0 Å². The lowest BCUT2D eigenvalue weighted by Gasteiger charge is -2.34. The molecule has 2 rings (SSSR count). The molecule has 1 N–H and O–H groups in total. The summed E-state index contributed by atoms with van der Waals surface area (Å²) in [5.74, 6) is -0.456. The molecule has 0 aromatic heterocycles. The maximum atomic E-state index is 13.6. The number of halogens is 2. The summed E-state index contributed by atoms with van der Waals surface area (Å²) in [5, 5.41) is 3.30. The first-order chi connectivity index (χ1) is 9.63. The minimum absolute atomic E-state index is 0.0647. The molecule has 0 unspecified atom stereocenters. The fraction of sp³-hybridized carbons (Fsp3) is 0.533.